The predicted octanol–water partition coefficient (Wildman–Crippen LogP) is 1.18. The van der Waals surface area contributed by atoms with Crippen LogP contribution in [0.3, 0.4) is 0 Å². The SMILES string of the molecule is COCC(Cl)CCNc1nccn2cnnc12. The fraction of sp³-hybridized carbons (Fsp3) is 0.500. The Bertz CT molecular complexity index is 474. The summed E-state index contributed by atoms with van der Waals surface area (Å²) in [5.41, 5.74) is 0.713. The maximum absolute atomic E-state index is 6.03. The summed E-state index contributed by atoms with van der Waals surface area (Å²) >= 11 is 6.03. The molecule has 2 aromatic rings. The van der Waals surface area contributed by atoms with E-state index in [9.17, 15) is 0 Å². The molecule has 0 amide bonds. The van der Waals surface area contributed by atoms with Crippen LogP contribution in [0.5, 0.6) is 0 Å². The van der Waals surface area contributed by atoms with E-state index in [1.54, 1.807) is 25.8 Å². The summed E-state index contributed by atoms with van der Waals surface area (Å²) in [5, 5.41) is 11.0. The molecule has 1 N–H and O–H groups in total. The number of aromatic nitrogens is 4. The van der Waals surface area contributed by atoms with Crippen LogP contribution in [0.2, 0.25) is 0 Å². The zero-order valence-electron chi connectivity index (χ0n) is 9.51. The van der Waals surface area contributed by atoms with Crippen molar-refractivity contribution in [1.29, 1.82) is 0 Å². The van der Waals surface area contributed by atoms with Crippen molar-refractivity contribution in [2.45, 2.75) is 11.8 Å². The largest absolute Gasteiger partial charge is 0.383 e. The van der Waals surface area contributed by atoms with Crippen molar-refractivity contribution in [3.63, 3.8) is 0 Å². The molecule has 1 unspecified atom stereocenters. The second-order valence-corrected chi connectivity index (χ2v) is 4.22. The van der Waals surface area contributed by atoms with Gasteiger partial charge in [-0.05, 0) is 6.42 Å². The highest BCUT2D eigenvalue weighted by atomic mass is 35.5. The molecule has 0 aromatic carbocycles. The van der Waals surface area contributed by atoms with Crippen LogP contribution in [-0.2, 0) is 4.74 Å². The Morgan fingerprint density at radius 2 is 2.47 bits per heavy atom. The molecule has 0 saturated carbocycles. The summed E-state index contributed by atoms with van der Waals surface area (Å²) in [6.07, 6.45) is 5.94. The minimum atomic E-state index is 0.00472. The molecule has 0 bridgehead atoms. The summed E-state index contributed by atoms with van der Waals surface area (Å²) in [5.74, 6) is 0.714. The molecule has 0 spiro atoms. The predicted molar refractivity (Wildman–Crippen MR) is 65.4 cm³/mol. The van der Waals surface area contributed by atoms with Crippen LogP contribution in [0.25, 0.3) is 5.65 Å². The number of hydrogen-bond donors (Lipinski definition) is 1. The molecule has 0 saturated heterocycles. The summed E-state index contributed by atoms with van der Waals surface area (Å²) < 4.78 is 6.77. The lowest BCUT2D eigenvalue weighted by molar-refractivity contribution is 0.196. The second-order valence-electron chi connectivity index (χ2n) is 3.61. The van der Waals surface area contributed by atoms with Gasteiger partial charge < -0.3 is 10.1 Å². The van der Waals surface area contributed by atoms with Gasteiger partial charge in [-0.1, -0.05) is 0 Å². The number of fused-ring (bicyclic) bond motifs is 1. The molecule has 2 heterocycles. The maximum Gasteiger partial charge on any atom is 0.203 e. The third kappa shape index (κ3) is 3.04. The molecular weight excluding hydrogens is 242 g/mol. The summed E-state index contributed by atoms with van der Waals surface area (Å²) in [6.45, 7) is 1.27. The smallest absolute Gasteiger partial charge is 0.203 e. The van der Waals surface area contributed by atoms with Gasteiger partial charge >= 0.3 is 0 Å². The van der Waals surface area contributed by atoms with E-state index in [1.165, 1.54) is 0 Å². The lowest BCUT2D eigenvalue weighted by Crippen LogP contribution is -2.14. The Balaban J connectivity index is 1.92. The van der Waals surface area contributed by atoms with Gasteiger partial charge in [0.25, 0.3) is 0 Å². The van der Waals surface area contributed by atoms with Crippen molar-refractivity contribution in [2.75, 3.05) is 25.6 Å². The third-order valence-corrected chi connectivity index (χ3v) is 2.66. The van der Waals surface area contributed by atoms with Crippen molar-refractivity contribution in [2.24, 2.45) is 0 Å². The molecule has 6 nitrogen and oxygen atoms in total. The van der Waals surface area contributed by atoms with Crippen LogP contribution in [-0.4, -0.2) is 45.2 Å². The first-order valence-electron chi connectivity index (χ1n) is 5.32. The van der Waals surface area contributed by atoms with Gasteiger partial charge in [0, 0.05) is 26.0 Å². The number of methoxy groups -OCH3 is 1. The number of nitrogens with one attached hydrogen (secondary N) is 1. The summed E-state index contributed by atoms with van der Waals surface area (Å²) in [7, 11) is 1.64. The summed E-state index contributed by atoms with van der Waals surface area (Å²) in [6, 6.07) is 0. The fourth-order valence-electron chi connectivity index (χ4n) is 1.49. The van der Waals surface area contributed by atoms with Crippen LogP contribution >= 0.6 is 11.6 Å². The minimum Gasteiger partial charge on any atom is -0.383 e. The Morgan fingerprint density at radius 3 is 3.29 bits per heavy atom. The van der Waals surface area contributed by atoms with E-state index in [4.69, 9.17) is 16.3 Å². The lowest BCUT2D eigenvalue weighted by Gasteiger charge is -2.09. The zero-order chi connectivity index (χ0) is 12.1. The number of halogens is 1. The van der Waals surface area contributed by atoms with Gasteiger partial charge in [0.2, 0.25) is 5.65 Å². The first-order valence-corrected chi connectivity index (χ1v) is 5.76. The fourth-order valence-corrected chi connectivity index (χ4v) is 1.73. The second kappa shape index (κ2) is 5.79. The highest BCUT2D eigenvalue weighted by molar-refractivity contribution is 6.20. The highest BCUT2D eigenvalue weighted by Gasteiger charge is 2.06. The lowest BCUT2D eigenvalue weighted by atomic mass is 10.3. The maximum atomic E-state index is 6.03. The molecular formula is C10H14ClN5O. The molecule has 17 heavy (non-hydrogen) atoms. The van der Waals surface area contributed by atoms with Crippen molar-refractivity contribution >= 4 is 23.1 Å². The number of rotatable bonds is 6. The molecule has 0 aliphatic carbocycles. The number of hydrogen-bond acceptors (Lipinski definition) is 5. The van der Waals surface area contributed by atoms with Gasteiger partial charge in [-0.2, -0.15) is 0 Å². The minimum absolute atomic E-state index is 0.00472. The average molecular weight is 256 g/mol. The van der Waals surface area contributed by atoms with E-state index in [1.807, 2.05) is 4.40 Å². The third-order valence-electron chi connectivity index (χ3n) is 2.31. The van der Waals surface area contributed by atoms with E-state index >= 15 is 0 Å². The van der Waals surface area contributed by atoms with E-state index in [-0.39, 0.29) is 5.38 Å². The van der Waals surface area contributed by atoms with E-state index < -0.39 is 0 Å². The molecule has 0 aliphatic heterocycles. The first kappa shape index (κ1) is 12.1. The Morgan fingerprint density at radius 1 is 1.59 bits per heavy atom. The number of ether oxygens (including phenoxy) is 1. The topological polar surface area (TPSA) is 64.3 Å². The number of alkyl halides is 1. The van der Waals surface area contributed by atoms with Crippen molar-refractivity contribution in [3.05, 3.63) is 18.7 Å². The Labute approximate surface area is 104 Å². The standard InChI is InChI=1S/C10H14ClN5O/c1-17-6-8(11)2-3-12-9-10-15-14-7-16(10)5-4-13-9/h4-5,7-8H,2-3,6H2,1H3,(H,12,13). The van der Waals surface area contributed by atoms with Crippen LogP contribution in [0.4, 0.5) is 5.82 Å². The van der Waals surface area contributed by atoms with Gasteiger partial charge in [-0.25, -0.2) is 4.98 Å². The van der Waals surface area contributed by atoms with E-state index in [0.29, 0.717) is 18.1 Å². The number of anilines is 1. The molecule has 7 heteroatoms. The van der Waals surface area contributed by atoms with Crippen LogP contribution in [0.1, 0.15) is 6.42 Å². The number of nitrogens with zero attached hydrogens (tertiary/aromatic N) is 4. The zero-order valence-corrected chi connectivity index (χ0v) is 10.3. The van der Waals surface area contributed by atoms with Crippen LogP contribution < -0.4 is 5.32 Å². The highest BCUT2D eigenvalue weighted by Crippen LogP contribution is 2.10. The van der Waals surface area contributed by atoms with Gasteiger partial charge in [-0.3, -0.25) is 4.40 Å². The molecule has 1 atom stereocenters. The van der Waals surface area contributed by atoms with Crippen LogP contribution in [0, 0.1) is 0 Å². The first-order chi connectivity index (χ1) is 8.31. The van der Waals surface area contributed by atoms with Gasteiger partial charge in [0.05, 0.1) is 12.0 Å². The average Bonchev–Trinajstić information content (AvgIpc) is 2.78. The van der Waals surface area contributed by atoms with Gasteiger partial charge in [0.1, 0.15) is 6.33 Å². The Kier molecular flexibility index (Phi) is 4.11. The van der Waals surface area contributed by atoms with E-state index in [2.05, 4.69) is 20.5 Å². The van der Waals surface area contributed by atoms with Crippen LogP contribution in [0.15, 0.2) is 18.7 Å². The Hall–Kier alpha value is -1.40. The van der Waals surface area contributed by atoms with E-state index in [0.717, 1.165) is 13.0 Å². The molecule has 0 radical (unpaired) electrons. The van der Waals surface area contributed by atoms with Crippen molar-refractivity contribution < 1.29 is 4.74 Å². The quantitative estimate of drug-likeness (QED) is 0.786. The molecule has 2 rings (SSSR count). The normalized spacial score (nSPS) is 12.8. The molecule has 2 aromatic heterocycles. The monoisotopic (exact) mass is 255 g/mol. The van der Waals surface area contributed by atoms with Gasteiger partial charge in [-0.15, -0.1) is 21.8 Å². The van der Waals surface area contributed by atoms with Crippen molar-refractivity contribution in [1.82, 2.24) is 19.6 Å². The van der Waals surface area contributed by atoms with Gasteiger partial charge in [0.15, 0.2) is 5.82 Å². The van der Waals surface area contributed by atoms with Crippen molar-refractivity contribution in [3.8, 4) is 0 Å². The summed E-state index contributed by atoms with van der Waals surface area (Å²) in [4.78, 5) is 4.21. The molecule has 0 aliphatic rings. The molecule has 92 valence electrons. The molecule has 0 fully saturated rings.